The van der Waals surface area contributed by atoms with Gasteiger partial charge in [0.15, 0.2) is 0 Å². The van der Waals surface area contributed by atoms with Gasteiger partial charge in [0.05, 0.1) is 0 Å². The Hall–Kier alpha value is -8.00. The summed E-state index contributed by atoms with van der Waals surface area (Å²) in [6, 6.07) is 90.6. The van der Waals surface area contributed by atoms with Gasteiger partial charge >= 0.3 is 0 Å². The lowest BCUT2D eigenvalue weighted by Crippen LogP contribution is -2.11. The van der Waals surface area contributed by atoms with Gasteiger partial charge in [-0.1, -0.05) is 200 Å². The quantitative estimate of drug-likeness (QED) is 0.139. The summed E-state index contributed by atoms with van der Waals surface area (Å²) in [5.74, 6) is 0. The van der Waals surface area contributed by atoms with Crippen LogP contribution in [-0.2, 0) is 0 Å². The molecular weight excluding hydrogens is 735 g/mol. The summed E-state index contributed by atoms with van der Waals surface area (Å²) in [7, 11) is 0. The van der Waals surface area contributed by atoms with E-state index in [1.165, 1.54) is 76.8 Å². The van der Waals surface area contributed by atoms with Crippen LogP contribution in [0.3, 0.4) is 0 Å². The lowest BCUT2D eigenvalue weighted by Gasteiger charge is -2.28. The first-order valence-corrected chi connectivity index (χ1v) is 21.0. The molecule has 0 unspecified atom stereocenters. The Morgan fingerprint density at radius 2 is 0.689 bits per heavy atom. The molecule has 1 heteroatoms. The highest BCUT2D eigenvalue weighted by Crippen LogP contribution is 2.45. The number of hydrogen-bond acceptors (Lipinski definition) is 1. The summed E-state index contributed by atoms with van der Waals surface area (Å²) in [6.45, 7) is 0. The van der Waals surface area contributed by atoms with Crippen LogP contribution in [0.1, 0.15) is 0 Å². The molecule has 0 aromatic heterocycles. The molecule has 0 fully saturated rings. The number of rotatable bonds is 8. The van der Waals surface area contributed by atoms with Gasteiger partial charge in [0, 0.05) is 17.1 Å². The third kappa shape index (κ3) is 6.83. The Kier molecular flexibility index (Phi) is 9.26. The van der Waals surface area contributed by atoms with E-state index in [1.54, 1.807) is 0 Å². The molecule has 0 amide bonds. The molecule has 0 aliphatic rings. The molecule has 11 aromatic rings. The maximum Gasteiger partial charge on any atom is 0.0473 e. The fraction of sp³-hybridized carbons (Fsp3) is 0. The predicted octanol–water partition coefficient (Wildman–Crippen LogP) is 17.0. The van der Waals surface area contributed by atoms with Crippen LogP contribution in [0, 0.1) is 0 Å². The van der Waals surface area contributed by atoms with Gasteiger partial charge in [-0.3, -0.25) is 0 Å². The van der Waals surface area contributed by atoms with Crippen LogP contribution >= 0.6 is 0 Å². The van der Waals surface area contributed by atoms with Crippen LogP contribution in [0.2, 0.25) is 0 Å². The average Bonchev–Trinajstić information content (AvgIpc) is 3.35. The fourth-order valence-electron chi connectivity index (χ4n) is 9.07. The normalized spacial score (nSPS) is 11.3. The van der Waals surface area contributed by atoms with Crippen LogP contribution in [0.5, 0.6) is 0 Å². The first kappa shape index (κ1) is 36.1. The Labute approximate surface area is 357 Å². The van der Waals surface area contributed by atoms with E-state index < -0.39 is 0 Å². The molecule has 0 spiro atoms. The van der Waals surface area contributed by atoms with Gasteiger partial charge < -0.3 is 4.90 Å². The molecule has 11 rings (SSSR count). The molecule has 61 heavy (non-hydrogen) atoms. The lowest BCUT2D eigenvalue weighted by molar-refractivity contribution is 1.28. The second kappa shape index (κ2) is 15.6. The highest BCUT2D eigenvalue weighted by atomic mass is 15.1. The second-order valence-corrected chi connectivity index (χ2v) is 15.7. The van der Waals surface area contributed by atoms with Crippen LogP contribution in [-0.4, -0.2) is 0 Å². The predicted molar refractivity (Wildman–Crippen MR) is 261 cm³/mol. The number of nitrogens with zero attached hydrogens (tertiary/aromatic N) is 1. The third-order valence-electron chi connectivity index (χ3n) is 12.0. The summed E-state index contributed by atoms with van der Waals surface area (Å²) < 4.78 is 0. The topological polar surface area (TPSA) is 3.24 Å². The van der Waals surface area contributed by atoms with Crippen molar-refractivity contribution >= 4 is 49.4 Å². The van der Waals surface area contributed by atoms with Gasteiger partial charge in [0.25, 0.3) is 0 Å². The monoisotopic (exact) mass is 775 g/mol. The van der Waals surface area contributed by atoms with Gasteiger partial charge in [-0.25, -0.2) is 0 Å². The molecule has 0 N–H and O–H groups in total. The van der Waals surface area contributed by atoms with Gasteiger partial charge in [0.1, 0.15) is 0 Å². The number of benzene rings is 11. The fourth-order valence-corrected chi connectivity index (χ4v) is 9.07. The molecule has 0 saturated carbocycles. The first-order chi connectivity index (χ1) is 30.2. The number of anilines is 3. The van der Waals surface area contributed by atoms with E-state index >= 15 is 0 Å². The van der Waals surface area contributed by atoms with Crippen molar-refractivity contribution in [2.24, 2.45) is 0 Å². The summed E-state index contributed by atoms with van der Waals surface area (Å²) in [4.78, 5) is 2.44. The van der Waals surface area contributed by atoms with E-state index in [9.17, 15) is 0 Å². The van der Waals surface area contributed by atoms with Gasteiger partial charge in [-0.15, -0.1) is 0 Å². The highest BCUT2D eigenvalue weighted by Gasteiger charge is 2.20. The first-order valence-electron chi connectivity index (χ1n) is 21.0. The summed E-state index contributed by atoms with van der Waals surface area (Å²) in [5, 5.41) is 7.52. The molecule has 0 aliphatic heterocycles. The van der Waals surface area contributed by atoms with E-state index in [2.05, 4.69) is 254 Å². The van der Waals surface area contributed by atoms with Crippen molar-refractivity contribution < 1.29 is 0 Å². The molecule has 0 saturated heterocycles. The zero-order chi connectivity index (χ0) is 40.5. The number of hydrogen-bond donors (Lipinski definition) is 0. The van der Waals surface area contributed by atoms with Gasteiger partial charge in [-0.05, 0) is 136 Å². The lowest BCUT2D eigenvalue weighted by atomic mass is 9.89. The van der Waals surface area contributed by atoms with E-state index in [1.807, 2.05) is 0 Å². The van der Waals surface area contributed by atoms with Crippen LogP contribution < -0.4 is 4.90 Å². The molecule has 286 valence electrons. The average molecular weight is 776 g/mol. The molecule has 0 heterocycles. The minimum absolute atomic E-state index is 1.08. The summed E-state index contributed by atoms with van der Waals surface area (Å²) in [6.07, 6.45) is 0. The van der Waals surface area contributed by atoms with Crippen molar-refractivity contribution in [3.05, 3.63) is 249 Å². The zero-order valence-electron chi connectivity index (χ0n) is 33.6. The van der Waals surface area contributed by atoms with Crippen LogP contribution in [0.4, 0.5) is 17.1 Å². The standard InChI is InChI=1S/C60H41N/c1-5-17-42(18-6-1)44-29-32-50(33-30-44)61(51-34-36-54(45-21-9-3-10-22-45)58(40-51)46-23-11-4-12-24-46)52-38-48(43-19-7-2-8-20-43)37-49(39-52)59-41-60-53-26-14-13-25-47(53)31-35-57(60)55-27-15-16-28-56(55)59/h1-41H. The molecule has 0 radical (unpaired) electrons. The Morgan fingerprint density at radius 1 is 0.197 bits per heavy atom. The minimum Gasteiger partial charge on any atom is -0.310 e. The van der Waals surface area contributed by atoms with E-state index in [0.717, 1.165) is 28.2 Å². The van der Waals surface area contributed by atoms with Crippen molar-refractivity contribution in [1.29, 1.82) is 0 Å². The molecule has 0 atom stereocenters. The van der Waals surface area contributed by atoms with Crippen molar-refractivity contribution in [1.82, 2.24) is 0 Å². The van der Waals surface area contributed by atoms with Gasteiger partial charge in [-0.2, -0.15) is 0 Å². The zero-order valence-corrected chi connectivity index (χ0v) is 33.6. The van der Waals surface area contributed by atoms with Crippen LogP contribution in [0.15, 0.2) is 249 Å². The molecule has 0 aliphatic carbocycles. The third-order valence-corrected chi connectivity index (χ3v) is 12.0. The molecule has 1 nitrogen and oxygen atoms in total. The van der Waals surface area contributed by atoms with Crippen molar-refractivity contribution in [3.63, 3.8) is 0 Å². The van der Waals surface area contributed by atoms with Crippen LogP contribution in [0.25, 0.3) is 88.0 Å². The Morgan fingerprint density at radius 3 is 1.36 bits per heavy atom. The van der Waals surface area contributed by atoms with Crippen molar-refractivity contribution in [2.45, 2.75) is 0 Å². The number of fused-ring (bicyclic) bond motifs is 5. The van der Waals surface area contributed by atoms with E-state index in [-0.39, 0.29) is 0 Å². The molecular formula is C60H41N. The van der Waals surface area contributed by atoms with E-state index in [0.29, 0.717) is 0 Å². The van der Waals surface area contributed by atoms with Crippen molar-refractivity contribution in [3.8, 4) is 55.6 Å². The molecule has 11 aromatic carbocycles. The Bertz CT molecular complexity index is 3320. The van der Waals surface area contributed by atoms with E-state index in [4.69, 9.17) is 0 Å². The molecule has 0 bridgehead atoms. The highest BCUT2D eigenvalue weighted by molar-refractivity contribution is 6.21. The second-order valence-electron chi connectivity index (χ2n) is 15.7. The van der Waals surface area contributed by atoms with Crippen molar-refractivity contribution in [2.75, 3.05) is 4.90 Å². The minimum atomic E-state index is 1.08. The summed E-state index contributed by atoms with van der Waals surface area (Å²) >= 11 is 0. The van der Waals surface area contributed by atoms with Gasteiger partial charge in [0.2, 0.25) is 0 Å². The largest absolute Gasteiger partial charge is 0.310 e. The summed E-state index contributed by atoms with van der Waals surface area (Å²) in [5.41, 5.74) is 15.1. The smallest absolute Gasteiger partial charge is 0.0473 e. The maximum atomic E-state index is 2.44. The Balaban J connectivity index is 1.18. The maximum absolute atomic E-state index is 2.44. The SMILES string of the molecule is c1ccc(-c2ccc(N(c3cc(-c4ccccc4)cc(-c4cc5c6ccccc6ccc5c5ccccc45)c3)c3ccc(-c4ccccc4)c(-c4ccccc4)c3)cc2)cc1.